The summed E-state index contributed by atoms with van der Waals surface area (Å²) in [6.45, 7) is 9.84. The van der Waals surface area contributed by atoms with Crippen LogP contribution in [-0.4, -0.2) is 22.2 Å². The molecule has 6 atom stereocenters. The average molecular weight is 331 g/mol. The summed E-state index contributed by atoms with van der Waals surface area (Å²) in [5.74, 6) is 6.29. The van der Waals surface area contributed by atoms with Crippen LogP contribution in [-0.2, 0) is 9.84 Å². The van der Waals surface area contributed by atoms with Crippen molar-refractivity contribution < 1.29 is 8.42 Å². The van der Waals surface area contributed by atoms with E-state index in [1.54, 1.807) is 6.92 Å². The Kier molecular flexibility index (Phi) is 2.06. The summed E-state index contributed by atoms with van der Waals surface area (Å²) in [6, 6.07) is 0. The first-order chi connectivity index (χ1) is 8.14. The fourth-order valence-electron chi connectivity index (χ4n) is 5.61. The Morgan fingerprint density at radius 3 is 2.17 bits per heavy atom. The monoisotopic (exact) mass is 330 g/mol. The van der Waals surface area contributed by atoms with Crippen LogP contribution in [0, 0.1) is 29.1 Å². The highest BCUT2D eigenvalue weighted by molar-refractivity contribution is 9.10. The minimum atomic E-state index is -3.15. The van der Waals surface area contributed by atoms with Gasteiger partial charge in [-0.15, -0.1) is 5.92 Å². The fourth-order valence-corrected chi connectivity index (χ4v) is 12.0. The normalized spacial score (nSPS) is 62.3. The van der Waals surface area contributed by atoms with E-state index in [-0.39, 0.29) is 21.6 Å². The largest absolute Gasteiger partial charge is 0.228 e. The van der Waals surface area contributed by atoms with Crippen molar-refractivity contribution >= 4 is 25.8 Å². The lowest BCUT2D eigenvalue weighted by Crippen LogP contribution is -2.39. The molecule has 0 amide bonds. The standard InChI is InChI=1S/C14H19BrO2S/c1-6-8-10-11(3)9(7-2)14(15)12(10,4)13(14,5)18(11,16)17/h9-10H,7H2,1-5H3/t9-,10+,11-,12-,13+,14+/m1/s1. The minimum absolute atomic E-state index is 0.0469. The number of rotatable bonds is 1. The van der Waals surface area contributed by atoms with E-state index in [9.17, 15) is 8.42 Å². The Hall–Kier alpha value is -0.0100. The van der Waals surface area contributed by atoms with E-state index in [0.29, 0.717) is 0 Å². The first-order valence-corrected chi connectivity index (χ1v) is 8.77. The molecule has 4 bridgehead atoms. The summed E-state index contributed by atoms with van der Waals surface area (Å²) in [7, 11) is -3.15. The third kappa shape index (κ3) is 0.693. The molecule has 4 rings (SSSR count). The average Bonchev–Trinajstić information content (AvgIpc) is 2.51. The van der Waals surface area contributed by atoms with Crippen molar-refractivity contribution in [2.45, 2.75) is 54.9 Å². The molecule has 100 valence electrons. The number of alkyl halides is 1. The van der Waals surface area contributed by atoms with E-state index < -0.39 is 19.3 Å². The highest BCUT2D eigenvalue weighted by Crippen LogP contribution is 2.94. The summed E-state index contributed by atoms with van der Waals surface area (Å²) in [5.41, 5.74) is -0.239. The Morgan fingerprint density at radius 1 is 1.28 bits per heavy atom. The maximum absolute atomic E-state index is 13.0. The number of hydrogen-bond acceptors (Lipinski definition) is 2. The molecular formula is C14H19BrO2S. The van der Waals surface area contributed by atoms with Gasteiger partial charge in [-0.1, -0.05) is 42.1 Å². The molecule has 2 heterocycles. The zero-order valence-corrected chi connectivity index (χ0v) is 13.9. The number of sulfone groups is 1. The summed E-state index contributed by atoms with van der Waals surface area (Å²) >= 11 is 3.84. The second-order valence-electron chi connectivity index (χ2n) is 6.42. The topological polar surface area (TPSA) is 34.1 Å². The molecule has 0 spiro atoms. The highest BCUT2D eigenvalue weighted by atomic mass is 79.9. The third-order valence-electron chi connectivity index (χ3n) is 6.51. The second-order valence-corrected chi connectivity index (χ2v) is 10.4. The molecule has 0 aromatic carbocycles. The molecule has 0 unspecified atom stereocenters. The van der Waals surface area contributed by atoms with E-state index in [1.807, 2.05) is 13.8 Å². The molecule has 0 aromatic heterocycles. The van der Waals surface area contributed by atoms with E-state index in [1.165, 1.54) is 0 Å². The SMILES string of the molecule is CC#C[C@@H]1[C@@]2(C)[C@@]3(Br)[C@H](CC)[C@@]1(C)S(=O)(=O)[C@@]23C. The molecule has 0 N–H and O–H groups in total. The number of halogens is 1. The summed E-state index contributed by atoms with van der Waals surface area (Å²) < 4.78 is 24.4. The molecular weight excluding hydrogens is 312 g/mol. The van der Waals surface area contributed by atoms with Crippen LogP contribution in [0.25, 0.3) is 0 Å². The smallest absolute Gasteiger partial charge is 0.164 e. The maximum atomic E-state index is 13.0. The van der Waals surface area contributed by atoms with Gasteiger partial charge in [-0.3, -0.25) is 0 Å². The van der Waals surface area contributed by atoms with Crippen LogP contribution in [0.1, 0.15) is 41.0 Å². The van der Waals surface area contributed by atoms with Crippen LogP contribution in [0.3, 0.4) is 0 Å². The van der Waals surface area contributed by atoms with E-state index in [0.717, 1.165) is 6.42 Å². The predicted molar refractivity (Wildman–Crippen MR) is 76.2 cm³/mol. The fraction of sp³-hybridized carbons (Fsp3) is 0.857. The van der Waals surface area contributed by atoms with Crippen molar-refractivity contribution in [3.8, 4) is 11.8 Å². The molecule has 2 saturated heterocycles. The van der Waals surface area contributed by atoms with Gasteiger partial charge in [0.15, 0.2) is 9.84 Å². The Labute approximate surface area is 118 Å². The molecule has 4 fully saturated rings. The van der Waals surface area contributed by atoms with Crippen molar-refractivity contribution in [3.05, 3.63) is 0 Å². The molecule has 2 aliphatic heterocycles. The molecule has 0 radical (unpaired) electrons. The summed E-state index contributed by atoms with van der Waals surface area (Å²) in [4.78, 5) is 0. The molecule has 2 aliphatic carbocycles. The van der Waals surface area contributed by atoms with E-state index in [2.05, 4.69) is 41.6 Å². The van der Waals surface area contributed by atoms with Gasteiger partial charge < -0.3 is 0 Å². The predicted octanol–water partition coefficient (Wildman–Crippen LogP) is 2.77. The van der Waals surface area contributed by atoms with Gasteiger partial charge in [-0.05, 0) is 26.7 Å². The van der Waals surface area contributed by atoms with Gasteiger partial charge in [0.25, 0.3) is 0 Å². The van der Waals surface area contributed by atoms with Crippen LogP contribution in [0.15, 0.2) is 0 Å². The molecule has 2 nitrogen and oxygen atoms in total. The molecule has 4 heteroatoms. The van der Waals surface area contributed by atoms with Crippen molar-refractivity contribution in [3.63, 3.8) is 0 Å². The Morgan fingerprint density at radius 2 is 1.83 bits per heavy atom. The van der Waals surface area contributed by atoms with Gasteiger partial charge in [-0.25, -0.2) is 8.42 Å². The Bertz CT molecular complexity index is 615. The van der Waals surface area contributed by atoms with Crippen LogP contribution >= 0.6 is 15.9 Å². The molecule has 18 heavy (non-hydrogen) atoms. The maximum Gasteiger partial charge on any atom is 0.164 e. The van der Waals surface area contributed by atoms with Crippen molar-refractivity contribution in [1.29, 1.82) is 0 Å². The van der Waals surface area contributed by atoms with Gasteiger partial charge in [-0.2, -0.15) is 0 Å². The van der Waals surface area contributed by atoms with Crippen molar-refractivity contribution in [2.75, 3.05) is 0 Å². The van der Waals surface area contributed by atoms with Gasteiger partial charge >= 0.3 is 0 Å². The summed E-state index contributed by atoms with van der Waals surface area (Å²) in [6.07, 6.45) is 0.883. The van der Waals surface area contributed by atoms with E-state index >= 15 is 0 Å². The third-order valence-corrected chi connectivity index (χ3v) is 12.4. The molecule has 0 aromatic rings. The zero-order chi connectivity index (χ0) is 13.8. The van der Waals surface area contributed by atoms with Gasteiger partial charge in [0.05, 0.1) is 13.8 Å². The van der Waals surface area contributed by atoms with Crippen LogP contribution < -0.4 is 0 Å². The van der Waals surface area contributed by atoms with Crippen LogP contribution in [0.5, 0.6) is 0 Å². The molecule has 4 aliphatic rings. The van der Waals surface area contributed by atoms with Crippen molar-refractivity contribution in [2.24, 2.45) is 17.3 Å². The van der Waals surface area contributed by atoms with Gasteiger partial charge in [0.2, 0.25) is 0 Å². The Balaban J connectivity index is 2.40. The van der Waals surface area contributed by atoms with Crippen molar-refractivity contribution in [1.82, 2.24) is 0 Å². The van der Waals surface area contributed by atoms with Crippen LogP contribution in [0.2, 0.25) is 0 Å². The minimum Gasteiger partial charge on any atom is -0.228 e. The summed E-state index contributed by atoms with van der Waals surface area (Å²) in [5, 5.41) is 0. The second kappa shape index (κ2) is 2.86. The van der Waals surface area contributed by atoms with E-state index in [4.69, 9.17) is 0 Å². The first kappa shape index (κ1) is 13.0. The highest BCUT2D eigenvalue weighted by Gasteiger charge is 3.05. The van der Waals surface area contributed by atoms with Gasteiger partial charge in [0, 0.05) is 11.3 Å². The lowest BCUT2D eigenvalue weighted by molar-refractivity contribution is 0.353. The first-order valence-electron chi connectivity index (χ1n) is 6.49. The lowest BCUT2D eigenvalue weighted by atomic mass is 9.79. The zero-order valence-electron chi connectivity index (χ0n) is 11.5. The lowest BCUT2D eigenvalue weighted by Gasteiger charge is -2.28. The quantitative estimate of drug-likeness (QED) is 0.547. The van der Waals surface area contributed by atoms with Gasteiger partial charge in [0.1, 0.15) is 0 Å². The van der Waals surface area contributed by atoms with Crippen LogP contribution in [0.4, 0.5) is 0 Å². The number of hydrogen-bond donors (Lipinski definition) is 0. The molecule has 2 saturated carbocycles.